The highest BCUT2D eigenvalue weighted by Gasteiger charge is 2.27. The number of hydrogen-bond donors (Lipinski definition) is 1. The van der Waals surface area contributed by atoms with Crippen LogP contribution in [0.15, 0.2) is 83.8 Å². The van der Waals surface area contributed by atoms with Crippen molar-refractivity contribution in [2.24, 2.45) is 0 Å². The fourth-order valence-corrected chi connectivity index (χ4v) is 4.34. The smallest absolute Gasteiger partial charge is 0.264 e. The first-order chi connectivity index (χ1) is 14.9. The Morgan fingerprint density at radius 2 is 1.61 bits per heavy atom. The van der Waals surface area contributed by atoms with Gasteiger partial charge in [-0.05, 0) is 60.5 Å². The Morgan fingerprint density at radius 3 is 2.23 bits per heavy atom. The Labute approximate surface area is 180 Å². The highest BCUT2D eigenvalue weighted by molar-refractivity contribution is 7.92. The highest BCUT2D eigenvalue weighted by atomic mass is 32.2. The van der Waals surface area contributed by atoms with Gasteiger partial charge in [-0.25, -0.2) is 12.8 Å². The Morgan fingerprint density at radius 1 is 0.968 bits per heavy atom. The second-order valence-corrected chi connectivity index (χ2v) is 8.57. The van der Waals surface area contributed by atoms with E-state index in [0.29, 0.717) is 17.7 Å². The van der Waals surface area contributed by atoms with E-state index in [-0.39, 0.29) is 17.3 Å². The number of anilines is 1. The van der Waals surface area contributed by atoms with Gasteiger partial charge in [-0.3, -0.25) is 9.10 Å². The molecule has 0 atom stereocenters. The van der Waals surface area contributed by atoms with Crippen molar-refractivity contribution in [2.45, 2.75) is 11.3 Å². The number of halogens is 1. The first kappa shape index (κ1) is 22.0. The molecule has 8 heteroatoms. The molecule has 0 radical (unpaired) electrons. The summed E-state index contributed by atoms with van der Waals surface area (Å²) in [6, 6.07) is 21.7. The van der Waals surface area contributed by atoms with Crippen LogP contribution in [0.1, 0.15) is 11.1 Å². The van der Waals surface area contributed by atoms with Crippen LogP contribution >= 0.6 is 0 Å². The van der Waals surface area contributed by atoms with E-state index < -0.39 is 22.5 Å². The Kier molecular flexibility index (Phi) is 7.00. The molecular formula is C23H20FN3O3S. The normalized spacial score (nSPS) is 10.8. The molecule has 0 unspecified atom stereocenters. The van der Waals surface area contributed by atoms with E-state index in [1.54, 1.807) is 42.5 Å². The standard InChI is InChI=1S/C23H20FN3O3S/c24-20-10-6-18(7-11-20)14-15-26-23(28)17-27(21-4-2-1-3-5-21)31(29,30)22-12-8-19(16-25)9-13-22/h1-13H,14-15,17H2,(H,26,28). The molecule has 0 saturated carbocycles. The first-order valence-corrected chi connectivity index (χ1v) is 10.9. The zero-order chi connectivity index (χ0) is 22.3. The van der Waals surface area contributed by atoms with Crippen LogP contribution in [0, 0.1) is 17.1 Å². The van der Waals surface area contributed by atoms with E-state index in [9.17, 15) is 17.6 Å². The summed E-state index contributed by atoms with van der Waals surface area (Å²) < 4.78 is 40.5. The number of nitrogens with zero attached hydrogens (tertiary/aromatic N) is 2. The minimum atomic E-state index is -4.03. The maximum absolute atomic E-state index is 13.2. The molecule has 3 rings (SSSR count). The number of para-hydroxylation sites is 1. The molecule has 0 heterocycles. The minimum absolute atomic E-state index is 0.0190. The molecule has 1 N–H and O–H groups in total. The van der Waals surface area contributed by atoms with E-state index in [0.717, 1.165) is 9.87 Å². The molecule has 0 aliphatic carbocycles. The molecule has 31 heavy (non-hydrogen) atoms. The number of nitriles is 1. The molecular weight excluding hydrogens is 417 g/mol. The molecule has 0 aliphatic rings. The van der Waals surface area contributed by atoms with Crippen LogP contribution in [-0.4, -0.2) is 27.4 Å². The lowest BCUT2D eigenvalue weighted by atomic mass is 10.1. The van der Waals surface area contributed by atoms with Crippen molar-refractivity contribution in [3.05, 3.63) is 95.8 Å². The summed E-state index contributed by atoms with van der Waals surface area (Å²) in [5, 5.41) is 11.6. The van der Waals surface area contributed by atoms with Gasteiger partial charge in [0.2, 0.25) is 5.91 Å². The molecule has 0 fully saturated rings. The largest absolute Gasteiger partial charge is 0.354 e. The highest BCUT2D eigenvalue weighted by Crippen LogP contribution is 2.23. The molecule has 0 bridgehead atoms. The third kappa shape index (κ3) is 5.68. The number of rotatable bonds is 8. The maximum atomic E-state index is 13.2. The van der Waals surface area contributed by atoms with E-state index in [1.807, 2.05) is 6.07 Å². The molecule has 1 amide bonds. The SMILES string of the molecule is N#Cc1ccc(S(=O)(=O)N(CC(=O)NCCc2ccc(F)cc2)c2ccccc2)cc1. The predicted molar refractivity (Wildman–Crippen MR) is 115 cm³/mol. The number of carbonyl (C=O) groups excluding carboxylic acids is 1. The summed E-state index contributed by atoms with van der Waals surface area (Å²) in [6.45, 7) is -0.125. The van der Waals surface area contributed by atoms with Gasteiger partial charge in [-0.2, -0.15) is 5.26 Å². The fraction of sp³-hybridized carbons (Fsp3) is 0.130. The lowest BCUT2D eigenvalue weighted by Crippen LogP contribution is -2.41. The van der Waals surface area contributed by atoms with E-state index in [1.165, 1.54) is 36.4 Å². The second kappa shape index (κ2) is 9.87. The van der Waals surface area contributed by atoms with Crippen LogP contribution < -0.4 is 9.62 Å². The Hall–Kier alpha value is -3.70. The van der Waals surface area contributed by atoms with Gasteiger partial charge >= 0.3 is 0 Å². The molecule has 0 aromatic heterocycles. The third-order valence-electron chi connectivity index (χ3n) is 4.55. The summed E-state index contributed by atoms with van der Waals surface area (Å²) in [5.74, 6) is -0.803. The van der Waals surface area contributed by atoms with Crippen molar-refractivity contribution in [3.63, 3.8) is 0 Å². The zero-order valence-electron chi connectivity index (χ0n) is 16.5. The van der Waals surface area contributed by atoms with Crippen LogP contribution in [0.4, 0.5) is 10.1 Å². The van der Waals surface area contributed by atoms with Crippen molar-refractivity contribution in [1.29, 1.82) is 5.26 Å². The molecule has 0 saturated heterocycles. The van der Waals surface area contributed by atoms with Crippen LogP contribution in [0.25, 0.3) is 0 Å². The van der Waals surface area contributed by atoms with Crippen LogP contribution in [0.5, 0.6) is 0 Å². The van der Waals surface area contributed by atoms with Gasteiger partial charge in [0.1, 0.15) is 12.4 Å². The topological polar surface area (TPSA) is 90.3 Å². The number of benzene rings is 3. The van der Waals surface area contributed by atoms with Crippen LogP contribution in [0.2, 0.25) is 0 Å². The van der Waals surface area contributed by atoms with Gasteiger partial charge in [-0.15, -0.1) is 0 Å². The maximum Gasteiger partial charge on any atom is 0.264 e. The van der Waals surface area contributed by atoms with Gasteiger partial charge in [0.25, 0.3) is 10.0 Å². The van der Waals surface area contributed by atoms with Gasteiger partial charge < -0.3 is 5.32 Å². The predicted octanol–water partition coefficient (Wildman–Crippen LogP) is 3.25. The molecule has 0 aliphatic heterocycles. The van der Waals surface area contributed by atoms with Gasteiger partial charge in [-0.1, -0.05) is 30.3 Å². The minimum Gasteiger partial charge on any atom is -0.354 e. The average molecular weight is 437 g/mol. The molecule has 3 aromatic rings. The zero-order valence-corrected chi connectivity index (χ0v) is 17.3. The van der Waals surface area contributed by atoms with E-state index in [4.69, 9.17) is 5.26 Å². The van der Waals surface area contributed by atoms with Crippen molar-refractivity contribution < 1.29 is 17.6 Å². The third-order valence-corrected chi connectivity index (χ3v) is 6.34. The van der Waals surface area contributed by atoms with Crippen molar-refractivity contribution >= 4 is 21.6 Å². The molecule has 6 nitrogen and oxygen atoms in total. The molecule has 158 valence electrons. The average Bonchev–Trinajstić information content (AvgIpc) is 2.79. The number of hydrogen-bond acceptors (Lipinski definition) is 4. The van der Waals surface area contributed by atoms with Gasteiger partial charge in [0, 0.05) is 6.54 Å². The van der Waals surface area contributed by atoms with Gasteiger partial charge in [0.05, 0.1) is 22.2 Å². The lowest BCUT2D eigenvalue weighted by Gasteiger charge is -2.24. The van der Waals surface area contributed by atoms with Crippen molar-refractivity contribution in [1.82, 2.24) is 5.32 Å². The van der Waals surface area contributed by atoms with Gasteiger partial charge in [0.15, 0.2) is 0 Å². The number of carbonyl (C=O) groups is 1. The second-order valence-electron chi connectivity index (χ2n) is 6.71. The quantitative estimate of drug-likeness (QED) is 0.586. The van der Waals surface area contributed by atoms with Crippen molar-refractivity contribution in [2.75, 3.05) is 17.4 Å². The van der Waals surface area contributed by atoms with Crippen LogP contribution in [0.3, 0.4) is 0 Å². The summed E-state index contributed by atoms with van der Waals surface area (Å²) in [5.41, 5.74) is 1.54. The Bertz CT molecular complexity index is 1170. The van der Waals surface area contributed by atoms with Crippen molar-refractivity contribution in [3.8, 4) is 6.07 Å². The number of nitrogens with one attached hydrogen (secondary N) is 1. The first-order valence-electron chi connectivity index (χ1n) is 9.49. The van der Waals surface area contributed by atoms with Crippen LogP contribution in [-0.2, 0) is 21.2 Å². The molecule has 0 spiro atoms. The summed E-state index contributed by atoms with van der Waals surface area (Å²) in [4.78, 5) is 12.5. The fourth-order valence-electron chi connectivity index (χ4n) is 2.92. The summed E-state index contributed by atoms with van der Waals surface area (Å²) in [7, 11) is -4.03. The van der Waals surface area contributed by atoms with E-state index in [2.05, 4.69) is 5.32 Å². The molecule has 3 aromatic carbocycles. The Balaban J connectivity index is 1.75. The monoisotopic (exact) mass is 437 g/mol. The van der Waals surface area contributed by atoms with E-state index >= 15 is 0 Å². The summed E-state index contributed by atoms with van der Waals surface area (Å²) >= 11 is 0. The number of sulfonamides is 1. The number of amides is 1. The summed E-state index contributed by atoms with van der Waals surface area (Å²) in [6.07, 6.45) is 0.486. The lowest BCUT2D eigenvalue weighted by molar-refractivity contribution is -0.119.